The van der Waals surface area contributed by atoms with Crippen LogP contribution in [0.2, 0.25) is 5.02 Å². The molecule has 1 fully saturated rings. The van der Waals surface area contributed by atoms with E-state index in [2.05, 4.69) is 51.9 Å². The number of nitrogens with one attached hydrogen (secondary N) is 2. The number of carbonyl (C=O) groups is 1. The topological polar surface area (TPSA) is 44.4 Å². The number of nitrogens with zero attached hydrogens (tertiary/aromatic N) is 1. The summed E-state index contributed by atoms with van der Waals surface area (Å²) < 4.78 is 0. The maximum atomic E-state index is 12.4. The first-order chi connectivity index (χ1) is 14.7. The summed E-state index contributed by atoms with van der Waals surface area (Å²) in [5.74, 6) is -0.163. The Bertz CT molecular complexity index is 1010. The maximum Gasteiger partial charge on any atom is 0.253 e. The average Bonchev–Trinajstić information content (AvgIpc) is 2.79. The molecule has 1 amide bonds. The largest absolute Gasteiger partial charge is 0.348 e. The number of rotatable bonds is 6. The van der Waals surface area contributed by atoms with Crippen LogP contribution in [0.25, 0.3) is 11.1 Å². The zero-order valence-corrected chi connectivity index (χ0v) is 17.7. The molecule has 0 atom stereocenters. The molecule has 0 bridgehead atoms. The zero-order chi connectivity index (χ0) is 20.8. The van der Waals surface area contributed by atoms with Gasteiger partial charge in [-0.1, -0.05) is 60.1 Å². The van der Waals surface area contributed by atoms with Gasteiger partial charge in [-0.05, 0) is 46.5 Å². The standard InChI is InChI=1S/C25H26ClN3O/c26-24-10-2-1-9-23(24)25(30)28-17-19-5-3-7-21(15-19)22-8-4-6-20(16-22)18-29-13-11-27-12-14-29/h1-10,15-16,27H,11-14,17-18H2,(H,28,30). The Hall–Kier alpha value is -2.66. The molecule has 0 unspecified atom stereocenters. The van der Waals surface area contributed by atoms with Crippen LogP contribution >= 0.6 is 11.6 Å². The molecule has 3 aromatic rings. The summed E-state index contributed by atoms with van der Waals surface area (Å²) in [6, 6.07) is 24.1. The van der Waals surface area contributed by atoms with Crippen molar-refractivity contribution in [1.82, 2.24) is 15.5 Å². The molecule has 0 spiro atoms. The van der Waals surface area contributed by atoms with E-state index >= 15 is 0 Å². The lowest BCUT2D eigenvalue weighted by atomic mass is 10.0. The maximum absolute atomic E-state index is 12.4. The normalized spacial score (nSPS) is 14.4. The quantitative estimate of drug-likeness (QED) is 0.624. The van der Waals surface area contributed by atoms with Crippen molar-refractivity contribution < 1.29 is 4.79 Å². The van der Waals surface area contributed by atoms with Gasteiger partial charge in [-0.3, -0.25) is 9.69 Å². The average molecular weight is 420 g/mol. The van der Waals surface area contributed by atoms with Crippen LogP contribution in [0.4, 0.5) is 0 Å². The second-order valence-electron chi connectivity index (χ2n) is 7.59. The molecule has 0 aliphatic carbocycles. The lowest BCUT2D eigenvalue weighted by Gasteiger charge is -2.27. The number of amides is 1. The first-order valence-corrected chi connectivity index (χ1v) is 10.7. The van der Waals surface area contributed by atoms with Crippen molar-refractivity contribution in [1.29, 1.82) is 0 Å². The lowest BCUT2D eigenvalue weighted by molar-refractivity contribution is 0.0951. The summed E-state index contributed by atoms with van der Waals surface area (Å²) in [5, 5.41) is 6.83. The summed E-state index contributed by atoms with van der Waals surface area (Å²) in [4.78, 5) is 14.9. The number of piperazine rings is 1. The molecule has 0 saturated carbocycles. The Morgan fingerprint density at radius 3 is 2.30 bits per heavy atom. The van der Waals surface area contributed by atoms with Crippen LogP contribution < -0.4 is 10.6 Å². The second-order valence-corrected chi connectivity index (χ2v) is 8.00. The molecule has 3 aromatic carbocycles. The molecule has 1 heterocycles. The van der Waals surface area contributed by atoms with Crippen molar-refractivity contribution in [2.75, 3.05) is 26.2 Å². The Balaban J connectivity index is 1.43. The van der Waals surface area contributed by atoms with Crippen LogP contribution in [0.15, 0.2) is 72.8 Å². The predicted octanol–water partition coefficient (Wildman–Crippen LogP) is 4.34. The van der Waals surface area contributed by atoms with Gasteiger partial charge in [0, 0.05) is 39.3 Å². The second kappa shape index (κ2) is 9.90. The molecule has 1 saturated heterocycles. The van der Waals surface area contributed by atoms with Crippen molar-refractivity contribution in [3.63, 3.8) is 0 Å². The molecule has 0 aromatic heterocycles. The van der Waals surface area contributed by atoms with Gasteiger partial charge < -0.3 is 10.6 Å². The van der Waals surface area contributed by atoms with Crippen LogP contribution in [0.1, 0.15) is 21.5 Å². The first kappa shape index (κ1) is 20.6. The van der Waals surface area contributed by atoms with Crippen molar-refractivity contribution in [3.8, 4) is 11.1 Å². The van der Waals surface area contributed by atoms with E-state index in [1.54, 1.807) is 12.1 Å². The van der Waals surface area contributed by atoms with Crippen LogP contribution in [0, 0.1) is 0 Å². The fourth-order valence-electron chi connectivity index (χ4n) is 3.76. The molecule has 154 valence electrons. The van der Waals surface area contributed by atoms with Gasteiger partial charge in [-0.25, -0.2) is 0 Å². The van der Waals surface area contributed by atoms with Gasteiger partial charge in [0.1, 0.15) is 0 Å². The molecular weight excluding hydrogens is 394 g/mol. The minimum atomic E-state index is -0.163. The highest BCUT2D eigenvalue weighted by atomic mass is 35.5. The van der Waals surface area contributed by atoms with Crippen molar-refractivity contribution in [2.24, 2.45) is 0 Å². The molecule has 4 nitrogen and oxygen atoms in total. The van der Waals surface area contributed by atoms with Crippen LogP contribution in [0.5, 0.6) is 0 Å². The van der Waals surface area contributed by atoms with Crippen molar-refractivity contribution >= 4 is 17.5 Å². The molecule has 1 aliphatic heterocycles. The molecule has 1 aliphatic rings. The highest BCUT2D eigenvalue weighted by Gasteiger charge is 2.11. The highest BCUT2D eigenvalue weighted by Crippen LogP contribution is 2.23. The van der Waals surface area contributed by atoms with Crippen LogP contribution in [0.3, 0.4) is 0 Å². The van der Waals surface area contributed by atoms with E-state index in [0.717, 1.165) is 43.9 Å². The monoisotopic (exact) mass is 419 g/mol. The van der Waals surface area contributed by atoms with E-state index in [1.165, 1.54) is 11.1 Å². The highest BCUT2D eigenvalue weighted by molar-refractivity contribution is 6.33. The van der Waals surface area contributed by atoms with Crippen LogP contribution in [-0.4, -0.2) is 37.0 Å². The molecular formula is C25H26ClN3O. The molecule has 30 heavy (non-hydrogen) atoms. The predicted molar refractivity (Wildman–Crippen MR) is 123 cm³/mol. The number of hydrogen-bond acceptors (Lipinski definition) is 3. The van der Waals surface area contributed by atoms with E-state index in [9.17, 15) is 4.79 Å². The molecule has 5 heteroatoms. The van der Waals surface area contributed by atoms with Crippen molar-refractivity contribution in [3.05, 3.63) is 94.5 Å². The van der Waals surface area contributed by atoms with Gasteiger partial charge in [0.25, 0.3) is 5.91 Å². The summed E-state index contributed by atoms with van der Waals surface area (Å²) >= 11 is 6.12. The van der Waals surface area contributed by atoms with Gasteiger partial charge in [0.15, 0.2) is 0 Å². The zero-order valence-electron chi connectivity index (χ0n) is 16.9. The van der Waals surface area contributed by atoms with Crippen molar-refractivity contribution in [2.45, 2.75) is 13.1 Å². The molecule has 4 rings (SSSR count). The Morgan fingerprint density at radius 1 is 0.900 bits per heavy atom. The summed E-state index contributed by atoms with van der Waals surface area (Å²) in [6.07, 6.45) is 0. The van der Waals surface area contributed by atoms with E-state index in [1.807, 2.05) is 24.3 Å². The van der Waals surface area contributed by atoms with Gasteiger partial charge in [-0.2, -0.15) is 0 Å². The summed E-state index contributed by atoms with van der Waals surface area (Å²) in [6.45, 7) is 5.72. The van der Waals surface area contributed by atoms with Gasteiger partial charge in [0.2, 0.25) is 0 Å². The fourth-order valence-corrected chi connectivity index (χ4v) is 3.98. The number of hydrogen-bond donors (Lipinski definition) is 2. The van der Waals surface area contributed by atoms with E-state index < -0.39 is 0 Å². The lowest BCUT2D eigenvalue weighted by Crippen LogP contribution is -2.42. The Kier molecular flexibility index (Phi) is 6.80. The third-order valence-electron chi connectivity index (χ3n) is 5.37. The number of carbonyl (C=O) groups excluding carboxylic acids is 1. The number of halogens is 1. The third kappa shape index (κ3) is 5.28. The van der Waals surface area contributed by atoms with E-state index in [4.69, 9.17) is 11.6 Å². The van der Waals surface area contributed by atoms with E-state index in [-0.39, 0.29) is 5.91 Å². The smallest absolute Gasteiger partial charge is 0.253 e. The Labute approximate surface area is 182 Å². The van der Waals surface area contributed by atoms with E-state index in [0.29, 0.717) is 17.1 Å². The van der Waals surface area contributed by atoms with Gasteiger partial charge in [-0.15, -0.1) is 0 Å². The summed E-state index contributed by atoms with van der Waals surface area (Å²) in [5.41, 5.74) is 5.23. The minimum absolute atomic E-state index is 0.163. The molecule has 2 N–H and O–H groups in total. The summed E-state index contributed by atoms with van der Waals surface area (Å²) in [7, 11) is 0. The molecule has 0 radical (unpaired) electrons. The number of benzene rings is 3. The third-order valence-corrected chi connectivity index (χ3v) is 5.70. The fraction of sp³-hybridized carbons (Fsp3) is 0.240. The first-order valence-electron chi connectivity index (χ1n) is 10.3. The van der Waals surface area contributed by atoms with Gasteiger partial charge >= 0.3 is 0 Å². The van der Waals surface area contributed by atoms with Crippen LogP contribution in [-0.2, 0) is 13.1 Å². The minimum Gasteiger partial charge on any atom is -0.348 e. The van der Waals surface area contributed by atoms with Gasteiger partial charge in [0.05, 0.1) is 10.6 Å². The SMILES string of the molecule is O=C(NCc1cccc(-c2cccc(CN3CCNCC3)c2)c1)c1ccccc1Cl. The Morgan fingerprint density at radius 2 is 1.57 bits per heavy atom.